The van der Waals surface area contributed by atoms with Crippen LogP contribution in [-0.2, 0) is 4.79 Å². The molecule has 1 atom stereocenters. The number of benzene rings is 2. The second kappa shape index (κ2) is 7.96. The Hall–Kier alpha value is -3.27. The summed E-state index contributed by atoms with van der Waals surface area (Å²) in [4.78, 5) is 22.2. The van der Waals surface area contributed by atoms with Crippen molar-refractivity contribution in [2.75, 3.05) is 5.32 Å². The van der Waals surface area contributed by atoms with Crippen molar-refractivity contribution in [1.29, 1.82) is 0 Å². The van der Waals surface area contributed by atoms with Crippen LogP contribution >= 0.6 is 11.8 Å². The van der Waals surface area contributed by atoms with Crippen LogP contribution in [0.1, 0.15) is 6.92 Å². The molecule has 0 aliphatic carbocycles. The van der Waals surface area contributed by atoms with E-state index in [0.29, 0.717) is 5.89 Å². The SMILES string of the molecule is C[C@H](Sc1nnc(-c2ccccc2)o1)C(=O)Nc1ccc(F)c([N+](=O)[O-])c1. The van der Waals surface area contributed by atoms with Gasteiger partial charge in [-0.1, -0.05) is 30.0 Å². The van der Waals surface area contributed by atoms with Crippen LogP contribution in [0.15, 0.2) is 58.2 Å². The molecule has 3 aromatic rings. The van der Waals surface area contributed by atoms with Gasteiger partial charge in [0.2, 0.25) is 17.6 Å². The summed E-state index contributed by atoms with van der Waals surface area (Å²) < 4.78 is 18.9. The van der Waals surface area contributed by atoms with E-state index in [4.69, 9.17) is 4.42 Å². The van der Waals surface area contributed by atoms with Crippen molar-refractivity contribution in [2.24, 2.45) is 0 Å². The van der Waals surface area contributed by atoms with E-state index in [2.05, 4.69) is 15.5 Å². The van der Waals surface area contributed by atoms with Gasteiger partial charge in [0.05, 0.1) is 10.2 Å². The summed E-state index contributed by atoms with van der Waals surface area (Å²) in [6, 6.07) is 12.3. The summed E-state index contributed by atoms with van der Waals surface area (Å²) in [6.45, 7) is 1.62. The molecule has 138 valence electrons. The number of anilines is 1. The average molecular weight is 388 g/mol. The van der Waals surface area contributed by atoms with E-state index in [-0.39, 0.29) is 10.9 Å². The predicted molar refractivity (Wildman–Crippen MR) is 96.7 cm³/mol. The van der Waals surface area contributed by atoms with Crippen LogP contribution in [0.4, 0.5) is 15.8 Å². The highest BCUT2D eigenvalue weighted by atomic mass is 32.2. The van der Waals surface area contributed by atoms with Crippen molar-refractivity contribution in [3.63, 3.8) is 0 Å². The van der Waals surface area contributed by atoms with Crippen molar-refractivity contribution in [3.8, 4) is 11.5 Å². The number of nitrogens with zero attached hydrogens (tertiary/aromatic N) is 3. The number of nitrogens with one attached hydrogen (secondary N) is 1. The lowest BCUT2D eigenvalue weighted by molar-refractivity contribution is -0.387. The molecule has 1 amide bonds. The van der Waals surface area contributed by atoms with Crippen molar-refractivity contribution in [3.05, 3.63) is 64.5 Å². The molecule has 0 saturated heterocycles. The van der Waals surface area contributed by atoms with Crippen LogP contribution in [-0.4, -0.2) is 26.3 Å². The lowest BCUT2D eigenvalue weighted by atomic mass is 10.2. The maximum Gasteiger partial charge on any atom is 0.306 e. The standard InChI is InChI=1S/C17H13FN4O4S/c1-10(15(23)19-12-7-8-13(18)14(9-12)22(24)25)27-17-21-20-16(26-17)11-5-3-2-4-6-11/h2-10H,1H3,(H,19,23)/t10-/m0/s1. The summed E-state index contributed by atoms with van der Waals surface area (Å²) in [5.41, 5.74) is 0.168. The van der Waals surface area contributed by atoms with Crippen LogP contribution in [0.3, 0.4) is 0 Å². The minimum Gasteiger partial charge on any atom is -0.411 e. The van der Waals surface area contributed by atoms with Gasteiger partial charge in [-0.25, -0.2) is 0 Å². The van der Waals surface area contributed by atoms with Crippen molar-refractivity contribution in [2.45, 2.75) is 17.4 Å². The van der Waals surface area contributed by atoms with Gasteiger partial charge in [-0.3, -0.25) is 14.9 Å². The van der Waals surface area contributed by atoms with E-state index >= 15 is 0 Å². The number of carbonyl (C=O) groups is 1. The number of nitro groups is 1. The van der Waals surface area contributed by atoms with E-state index in [1.54, 1.807) is 6.92 Å². The van der Waals surface area contributed by atoms with Crippen LogP contribution in [0.25, 0.3) is 11.5 Å². The zero-order chi connectivity index (χ0) is 19.4. The first kappa shape index (κ1) is 18.5. The largest absolute Gasteiger partial charge is 0.411 e. The lowest BCUT2D eigenvalue weighted by Gasteiger charge is -2.09. The van der Waals surface area contributed by atoms with Gasteiger partial charge in [0, 0.05) is 17.3 Å². The monoisotopic (exact) mass is 388 g/mol. The van der Waals surface area contributed by atoms with Crippen LogP contribution in [0, 0.1) is 15.9 Å². The van der Waals surface area contributed by atoms with Crippen molar-refractivity contribution in [1.82, 2.24) is 10.2 Å². The lowest BCUT2D eigenvalue weighted by Crippen LogP contribution is -2.22. The summed E-state index contributed by atoms with van der Waals surface area (Å²) >= 11 is 1.04. The van der Waals surface area contributed by atoms with Gasteiger partial charge in [0.1, 0.15) is 0 Å². The Kier molecular flexibility index (Phi) is 5.46. The fourth-order valence-electron chi connectivity index (χ4n) is 2.13. The van der Waals surface area contributed by atoms with E-state index < -0.39 is 27.6 Å². The van der Waals surface area contributed by atoms with Gasteiger partial charge in [0.15, 0.2) is 0 Å². The van der Waals surface area contributed by atoms with Gasteiger partial charge in [-0.05, 0) is 31.2 Å². The number of halogens is 1. The summed E-state index contributed by atoms with van der Waals surface area (Å²) in [7, 11) is 0. The summed E-state index contributed by atoms with van der Waals surface area (Å²) in [5.74, 6) is -1.08. The Labute approximate surface area is 156 Å². The zero-order valence-corrected chi connectivity index (χ0v) is 14.8. The van der Waals surface area contributed by atoms with E-state index in [0.717, 1.165) is 29.5 Å². The molecule has 0 aliphatic heterocycles. The summed E-state index contributed by atoms with van der Waals surface area (Å²) in [6.07, 6.45) is 0. The molecule has 1 heterocycles. The molecule has 3 rings (SSSR count). The summed E-state index contributed by atoms with van der Waals surface area (Å²) in [5, 5.41) is 20.7. The van der Waals surface area contributed by atoms with Crippen LogP contribution in [0.5, 0.6) is 0 Å². The third-order valence-corrected chi connectivity index (χ3v) is 4.42. The first-order valence-electron chi connectivity index (χ1n) is 7.74. The Balaban J connectivity index is 1.65. The molecule has 0 spiro atoms. The topological polar surface area (TPSA) is 111 Å². The van der Waals surface area contributed by atoms with Crippen LogP contribution in [0.2, 0.25) is 0 Å². The molecule has 2 aromatic carbocycles. The molecule has 0 unspecified atom stereocenters. The van der Waals surface area contributed by atoms with Crippen molar-refractivity contribution >= 4 is 29.0 Å². The van der Waals surface area contributed by atoms with E-state index in [1.165, 1.54) is 6.07 Å². The molecule has 0 fully saturated rings. The molecule has 0 bridgehead atoms. The molecule has 8 nitrogen and oxygen atoms in total. The first-order valence-corrected chi connectivity index (χ1v) is 8.62. The van der Waals surface area contributed by atoms with Gasteiger partial charge in [-0.15, -0.1) is 10.2 Å². The maximum atomic E-state index is 13.4. The van der Waals surface area contributed by atoms with Gasteiger partial charge >= 0.3 is 5.69 Å². The number of rotatable bonds is 6. The number of nitro benzene ring substituents is 1. The Bertz CT molecular complexity index is 980. The van der Waals surface area contributed by atoms with Crippen LogP contribution < -0.4 is 5.32 Å². The molecule has 0 aliphatic rings. The normalized spacial score (nSPS) is 11.8. The minimum absolute atomic E-state index is 0.121. The number of aromatic nitrogens is 2. The van der Waals surface area contributed by atoms with Gasteiger partial charge < -0.3 is 9.73 Å². The number of thioether (sulfide) groups is 1. The molecule has 27 heavy (non-hydrogen) atoms. The van der Waals surface area contributed by atoms with Crippen molar-refractivity contribution < 1.29 is 18.5 Å². The third kappa shape index (κ3) is 4.47. The van der Waals surface area contributed by atoms with Gasteiger partial charge in [0.25, 0.3) is 5.22 Å². The molecule has 1 N–H and O–H groups in total. The fraction of sp³-hybridized carbons (Fsp3) is 0.118. The van der Waals surface area contributed by atoms with E-state index in [1.807, 2.05) is 30.3 Å². The Morgan fingerprint density at radius 1 is 1.26 bits per heavy atom. The third-order valence-electron chi connectivity index (χ3n) is 3.48. The highest BCUT2D eigenvalue weighted by Crippen LogP contribution is 2.27. The molecule has 0 saturated carbocycles. The Morgan fingerprint density at radius 3 is 2.70 bits per heavy atom. The first-order chi connectivity index (χ1) is 12.9. The zero-order valence-electron chi connectivity index (χ0n) is 14.0. The predicted octanol–water partition coefficient (Wildman–Crippen LogP) is 3.90. The highest BCUT2D eigenvalue weighted by Gasteiger charge is 2.21. The molecule has 0 radical (unpaired) electrons. The number of hydrogen-bond donors (Lipinski definition) is 1. The fourth-order valence-corrected chi connectivity index (χ4v) is 2.82. The molecule has 10 heteroatoms. The highest BCUT2D eigenvalue weighted by molar-refractivity contribution is 8.00. The minimum atomic E-state index is -0.972. The molecule has 1 aromatic heterocycles. The van der Waals surface area contributed by atoms with Gasteiger partial charge in [-0.2, -0.15) is 4.39 Å². The average Bonchev–Trinajstić information content (AvgIpc) is 3.12. The Morgan fingerprint density at radius 2 is 2.00 bits per heavy atom. The number of carbonyl (C=O) groups excluding carboxylic acids is 1. The molecular formula is C17H13FN4O4S. The second-order valence-electron chi connectivity index (χ2n) is 5.41. The quantitative estimate of drug-likeness (QED) is 0.387. The second-order valence-corrected chi connectivity index (χ2v) is 6.70. The van der Waals surface area contributed by atoms with E-state index in [9.17, 15) is 19.3 Å². The number of hydrogen-bond acceptors (Lipinski definition) is 7. The molecular weight excluding hydrogens is 375 g/mol. The maximum absolute atomic E-state index is 13.4. The number of amides is 1. The smallest absolute Gasteiger partial charge is 0.306 e.